The van der Waals surface area contributed by atoms with Crippen LogP contribution < -0.4 is 0 Å². The van der Waals surface area contributed by atoms with E-state index in [0.29, 0.717) is 6.10 Å². The molecule has 0 unspecified atom stereocenters. The molecule has 150 valence electrons. The standard InChI is InChI=1S/C23H40OS2/c1-22(2)24-18-15-20-25-19-13-8-6-4-3-5-7-9-14-21-26-23-16-11-10-12-17-23/h10-12,16-17,22H,3-9,13-15,18-21H2,1-2H3. The molecule has 26 heavy (non-hydrogen) atoms. The van der Waals surface area contributed by atoms with Crippen LogP contribution in [0.3, 0.4) is 0 Å². The van der Waals surface area contributed by atoms with Crippen molar-refractivity contribution in [3.63, 3.8) is 0 Å². The molecule has 3 heteroatoms. The summed E-state index contributed by atoms with van der Waals surface area (Å²) in [6, 6.07) is 10.8. The third kappa shape index (κ3) is 16.1. The van der Waals surface area contributed by atoms with Gasteiger partial charge in [-0.2, -0.15) is 11.8 Å². The Labute approximate surface area is 171 Å². The van der Waals surface area contributed by atoms with Crippen LogP contribution >= 0.6 is 23.5 Å². The van der Waals surface area contributed by atoms with E-state index in [9.17, 15) is 0 Å². The molecule has 0 N–H and O–H groups in total. The summed E-state index contributed by atoms with van der Waals surface area (Å²) in [6.45, 7) is 5.14. The third-order valence-electron chi connectivity index (χ3n) is 4.33. The van der Waals surface area contributed by atoms with Gasteiger partial charge >= 0.3 is 0 Å². The first-order valence-electron chi connectivity index (χ1n) is 10.7. The fraction of sp³-hybridized carbons (Fsp3) is 0.739. The zero-order valence-electron chi connectivity index (χ0n) is 17.1. The topological polar surface area (TPSA) is 9.23 Å². The molecular weight excluding hydrogens is 356 g/mol. The SMILES string of the molecule is CC(C)OCCCSCCCCCCCCCCCSc1ccccc1. The first kappa shape index (κ1) is 23.9. The van der Waals surface area contributed by atoms with Gasteiger partial charge in [-0.05, 0) is 62.5 Å². The second-order valence-corrected chi connectivity index (χ2v) is 9.62. The quantitative estimate of drug-likeness (QED) is 0.185. The highest BCUT2D eigenvalue weighted by molar-refractivity contribution is 7.99. The lowest BCUT2D eigenvalue weighted by molar-refractivity contribution is 0.0800. The van der Waals surface area contributed by atoms with Crippen molar-refractivity contribution in [2.24, 2.45) is 0 Å². The van der Waals surface area contributed by atoms with Crippen molar-refractivity contribution >= 4 is 23.5 Å². The van der Waals surface area contributed by atoms with Gasteiger partial charge in [0.2, 0.25) is 0 Å². The average Bonchev–Trinajstić information content (AvgIpc) is 2.65. The van der Waals surface area contributed by atoms with Crippen molar-refractivity contribution in [1.82, 2.24) is 0 Å². The minimum absolute atomic E-state index is 0.383. The first-order valence-corrected chi connectivity index (χ1v) is 12.8. The largest absolute Gasteiger partial charge is 0.379 e. The molecule has 0 fully saturated rings. The molecule has 0 bridgehead atoms. The minimum Gasteiger partial charge on any atom is -0.379 e. The number of hydrogen-bond acceptors (Lipinski definition) is 3. The van der Waals surface area contributed by atoms with Gasteiger partial charge < -0.3 is 4.74 Å². The summed E-state index contributed by atoms with van der Waals surface area (Å²) >= 11 is 4.10. The van der Waals surface area contributed by atoms with E-state index in [4.69, 9.17) is 4.74 Å². The van der Waals surface area contributed by atoms with Crippen molar-refractivity contribution in [3.8, 4) is 0 Å². The summed E-state index contributed by atoms with van der Waals surface area (Å²) in [6.07, 6.45) is 14.3. The Morgan fingerprint density at radius 2 is 1.23 bits per heavy atom. The monoisotopic (exact) mass is 396 g/mol. The van der Waals surface area contributed by atoms with Crippen LogP contribution in [0.5, 0.6) is 0 Å². The second kappa shape index (κ2) is 18.3. The van der Waals surface area contributed by atoms with Crippen LogP contribution in [0.25, 0.3) is 0 Å². The Bertz CT molecular complexity index is 394. The maximum Gasteiger partial charge on any atom is 0.0518 e. The smallest absolute Gasteiger partial charge is 0.0518 e. The zero-order chi connectivity index (χ0) is 18.7. The van der Waals surface area contributed by atoms with E-state index in [0.717, 1.165) is 6.61 Å². The predicted octanol–water partition coefficient (Wildman–Crippen LogP) is 7.84. The van der Waals surface area contributed by atoms with Crippen LogP contribution in [-0.2, 0) is 4.74 Å². The third-order valence-corrected chi connectivity index (χ3v) is 6.58. The number of thioether (sulfide) groups is 2. The van der Waals surface area contributed by atoms with Gasteiger partial charge in [-0.15, -0.1) is 11.8 Å². The lowest BCUT2D eigenvalue weighted by Crippen LogP contribution is -2.04. The zero-order valence-corrected chi connectivity index (χ0v) is 18.7. The van der Waals surface area contributed by atoms with Gasteiger partial charge in [0.05, 0.1) is 6.10 Å². The highest BCUT2D eigenvalue weighted by Gasteiger charge is 1.96. The molecular formula is C23H40OS2. The van der Waals surface area contributed by atoms with Crippen molar-refractivity contribution in [3.05, 3.63) is 30.3 Å². The molecule has 0 aliphatic heterocycles. The summed E-state index contributed by atoms with van der Waals surface area (Å²) < 4.78 is 5.56. The molecule has 0 amide bonds. The average molecular weight is 397 g/mol. The van der Waals surface area contributed by atoms with E-state index in [1.54, 1.807) is 0 Å². The Balaban J connectivity index is 1.70. The summed E-state index contributed by atoms with van der Waals surface area (Å²) in [7, 11) is 0. The van der Waals surface area contributed by atoms with E-state index in [2.05, 4.69) is 55.9 Å². The fourth-order valence-electron chi connectivity index (χ4n) is 2.83. The lowest BCUT2D eigenvalue weighted by Gasteiger charge is -2.07. The number of ether oxygens (including phenoxy) is 1. The van der Waals surface area contributed by atoms with Crippen LogP contribution in [0.1, 0.15) is 78.1 Å². The normalized spacial score (nSPS) is 11.3. The van der Waals surface area contributed by atoms with E-state index < -0.39 is 0 Å². The molecule has 0 aliphatic rings. The van der Waals surface area contributed by atoms with Gasteiger partial charge in [-0.25, -0.2) is 0 Å². The van der Waals surface area contributed by atoms with Gasteiger partial charge in [-0.3, -0.25) is 0 Å². The van der Waals surface area contributed by atoms with Gasteiger partial charge in [-0.1, -0.05) is 63.1 Å². The predicted molar refractivity (Wildman–Crippen MR) is 122 cm³/mol. The summed E-state index contributed by atoms with van der Waals surface area (Å²) in [5, 5.41) is 0. The Kier molecular flexibility index (Phi) is 16.8. The number of unbranched alkanes of at least 4 members (excludes halogenated alkanes) is 8. The van der Waals surface area contributed by atoms with Crippen molar-refractivity contribution < 1.29 is 4.74 Å². The maximum absolute atomic E-state index is 5.56. The molecule has 0 aromatic heterocycles. The first-order chi connectivity index (χ1) is 12.8. The van der Waals surface area contributed by atoms with Crippen molar-refractivity contribution in [2.75, 3.05) is 23.9 Å². The van der Waals surface area contributed by atoms with Gasteiger partial charge in [0.15, 0.2) is 0 Å². The number of rotatable bonds is 18. The molecule has 1 nitrogen and oxygen atoms in total. The van der Waals surface area contributed by atoms with Crippen molar-refractivity contribution in [1.29, 1.82) is 0 Å². The molecule has 0 spiro atoms. The van der Waals surface area contributed by atoms with E-state index in [-0.39, 0.29) is 0 Å². The number of hydrogen-bond donors (Lipinski definition) is 0. The molecule has 0 radical (unpaired) electrons. The Hall–Kier alpha value is -0.120. The summed E-state index contributed by atoms with van der Waals surface area (Å²) in [4.78, 5) is 1.41. The molecule has 1 aromatic carbocycles. The van der Waals surface area contributed by atoms with Crippen LogP contribution in [-0.4, -0.2) is 30.0 Å². The van der Waals surface area contributed by atoms with Crippen molar-refractivity contribution in [2.45, 2.75) is 89.1 Å². The molecule has 0 saturated heterocycles. The highest BCUT2D eigenvalue weighted by atomic mass is 32.2. The van der Waals surface area contributed by atoms with E-state index >= 15 is 0 Å². The number of benzene rings is 1. The van der Waals surface area contributed by atoms with Gasteiger partial charge in [0.1, 0.15) is 0 Å². The lowest BCUT2D eigenvalue weighted by atomic mass is 10.1. The molecule has 0 saturated carbocycles. The molecule has 0 aliphatic carbocycles. The molecule has 1 aromatic rings. The summed E-state index contributed by atoms with van der Waals surface area (Å²) in [5.41, 5.74) is 0. The van der Waals surface area contributed by atoms with Gasteiger partial charge in [0, 0.05) is 11.5 Å². The van der Waals surface area contributed by atoms with E-state index in [1.165, 1.54) is 86.4 Å². The second-order valence-electron chi connectivity index (χ2n) is 7.23. The summed E-state index contributed by atoms with van der Waals surface area (Å²) in [5.74, 6) is 3.86. The molecule has 0 atom stereocenters. The van der Waals surface area contributed by atoms with Crippen LogP contribution in [0.4, 0.5) is 0 Å². The maximum atomic E-state index is 5.56. The minimum atomic E-state index is 0.383. The Morgan fingerprint density at radius 3 is 1.85 bits per heavy atom. The molecule has 1 rings (SSSR count). The van der Waals surface area contributed by atoms with Crippen LogP contribution in [0.2, 0.25) is 0 Å². The fourth-order valence-corrected chi connectivity index (χ4v) is 4.70. The van der Waals surface area contributed by atoms with E-state index in [1.807, 2.05) is 11.8 Å². The molecule has 0 heterocycles. The van der Waals surface area contributed by atoms with Crippen LogP contribution in [0, 0.1) is 0 Å². The van der Waals surface area contributed by atoms with Gasteiger partial charge in [0.25, 0.3) is 0 Å². The highest BCUT2D eigenvalue weighted by Crippen LogP contribution is 2.19. The Morgan fingerprint density at radius 1 is 0.692 bits per heavy atom. The van der Waals surface area contributed by atoms with Crippen LogP contribution in [0.15, 0.2) is 35.2 Å².